The summed E-state index contributed by atoms with van der Waals surface area (Å²) in [4.78, 5) is 12.2. The Morgan fingerprint density at radius 3 is 2.50 bits per heavy atom. The SMILES string of the molecule is CCCOc1ccc(C(=O)N/N=C\c2cccc(OCc3ccc(Cl)cc3)c2)cc1. The van der Waals surface area contributed by atoms with Crippen LogP contribution in [-0.2, 0) is 6.61 Å². The van der Waals surface area contributed by atoms with Crippen LogP contribution in [-0.4, -0.2) is 18.7 Å². The molecule has 0 heterocycles. The summed E-state index contributed by atoms with van der Waals surface area (Å²) < 4.78 is 11.3. The lowest BCUT2D eigenvalue weighted by molar-refractivity contribution is 0.0955. The van der Waals surface area contributed by atoms with E-state index in [2.05, 4.69) is 10.5 Å². The van der Waals surface area contributed by atoms with E-state index in [9.17, 15) is 4.79 Å². The molecule has 0 saturated heterocycles. The van der Waals surface area contributed by atoms with Crippen molar-refractivity contribution in [3.05, 3.63) is 94.5 Å². The second kappa shape index (κ2) is 11.0. The van der Waals surface area contributed by atoms with Crippen LogP contribution in [0.3, 0.4) is 0 Å². The summed E-state index contributed by atoms with van der Waals surface area (Å²) in [5.74, 6) is 1.17. The second-order valence-electron chi connectivity index (χ2n) is 6.56. The van der Waals surface area contributed by atoms with E-state index in [1.165, 1.54) is 0 Å². The first-order valence-electron chi connectivity index (χ1n) is 9.67. The van der Waals surface area contributed by atoms with E-state index < -0.39 is 0 Å². The molecule has 0 atom stereocenters. The molecule has 0 aliphatic heterocycles. The number of carbonyl (C=O) groups excluding carboxylic acids is 1. The van der Waals surface area contributed by atoms with Crippen LogP contribution < -0.4 is 14.9 Å². The zero-order valence-corrected chi connectivity index (χ0v) is 17.4. The maximum absolute atomic E-state index is 12.2. The van der Waals surface area contributed by atoms with Crippen LogP contribution in [0.5, 0.6) is 11.5 Å². The molecule has 6 heteroatoms. The number of halogens is 1. The van der Waals surface area contributed by atoms with E-state index in [0.29, 0.717) is 29.5 Å². The predicted octanol–water partition coefficient (Wildman–Crippen LogP) is 5.47. The van der Waals surface area contributed by atoms with Crippen molar-refractivity contribution in [3.8, 4) is 11.5 Å². The average molecular weight is 423 g/mol. The lowest BCUT2D eigenvalue weighted by Crippen LogP contribution is -2.17. The van der Waals surface area contributed by atoms with E-state index >= 15 is 0 Å². The predicted molar refractivity (Wildman–Crippen MR) is 120 cm³/mol. The van der Waals surface area contributed by atoms with Crippen molar-refractivity contribution >= 4 is 23.7 Å². The fraction of sp³-hybridized carbons (Fsp3) is 0.167. The van der Waals surface area contributed by atoms with Crippen LogP contribution in [0.4, 0.5) is 0 Å². The third-order valence-corrected chi connectivity index (χ3v) is 4.40. The third-order valence-electron chi connectivity index (χ3n) is 4.15. The number of hydrogen-bond donors (Lipinski definition) is 1. The third kappa shape index (κ3) is 6.64. The highest BCUT2D eigenvalue weighted by atomic mass is 35.5. The zero-order valence-electron chi connectivity index (χ0n) is 16.7. The highest BCUT2D eigenvalue weighted by molar-refractivity contribution is 6.30. The summed E-state index contributed by atoms with van der Waals surface area (Å²) in [6, 6.07) is 21.9. The van der Waals surface area contributed by atoms with E-state index in [1.807, 2.05) is 55.5 Å². The lowest BCUT2D eigenvalue weighted by atomic mass is 10.2. The van der Waals surface area contributed by atoms with Gasteiger partial charge in [0.2, 0.25) is 0 Å². The van der Waals surface area contributed by atoms with Crippen molar-refractivity contribution in [1.82, 2.24) is 5.43 Å². The molecule has 0 aliphatic rings. The highest BCUT2D eigenvalue weighted by Gasteiger charge is 2.04. The summed E-state index contributed by atoms with van der Waals surface area (Å²) in [5, 5.41) is 4.73. The lowest BCUT2D eigenvalue weighted by Gasteiger charge is -2.07. The standard InChI is InChI=1S/C24H23ClN2O3/c1-2-14-29-22-12-8-20(9-13-22)24(28)27-26-16-19-4-3-5-23(15-19)30-17-18-6-10-21(25)11-7-18/h3-13,15-16H,2,14,17H2,1H3,(H,27,28)/b26-16-. The molecule has 0 aromatic heterocycles. The monoisotopic (exact) mass is 422 g/mol. The van der Waals surface area contributed by atoms with E-state index in [1.54, 1.807) is 30.5 Å². The average Bonchev–Trinajstić information content (AvgIpc) is 2.78. The van der Waals surface area contributed by atoms with Crippen molar-refractivity contribution in [2.45, 2.75) is 20.0 Å². The van der Waals surface area contributed by atoms with Crippen molar-refractivity contribution in [1.29, 1.82) is 0 Å². The number of ether oxygens (including phenoxy) is 2. The molecule has 1 amide bonds. The molecule has 0 bridgehead atoms. The van der Waals surface area contributed by atoms with Gasteiger partial charge in [0, 0.05) is 10.6 Å². The summed E-state index contributed by atoms with van der Waals surface area (Å²) in [5.41, 5.74) is 4.88. The minimum Gasteiger partial charge on any atom is -0.494 e. The molecule has 1 N–H and O–H groups in total. The maximum atomic E-state index is 12.2. The van der Waals surface area contributed by atoms with Crippen molar-refractivity contribution in [3.63, 3.8) is 0 Å². The van der Waals surface area contributed by atoms with Gasteiger partial charge in [-0.1, -0.05) is 42.8 Å². The molecule has 5 nitrogen and oxygen atoms in total. The van der Waals surface area contributed by atoms with Gasteiger partial charge in [0.15, 0.2) is 0 Å². The quantitative estimate of drug-likeness (QED) is 0.367. The summed E-state index contributed by atoms with van der Waals surface area (Å²) in [6.07, 6.45) is 2.51. The number of rotatable bonds is 9. The fourth-order valence-electron chi connectivity index (χ4n) is 2.58. The minimum absolute atomic E-state index is 0.288. The van der Waals surface area contributed by atoms with Crippen molar-refractivity contribution in [2.75, 3.05) is 6.61 Å². The van der Waals surface area contributed by atoms with Gasteiger partial charge in [-0.05, 0) is 66.1 Å². The Balaban J connectivity index is 1.52. The Morgan fingerprint density at radius 1 is 1.00 bits per heavy atom. The summed E-state index contributed by atoms with van der Waals surface area (Å²) >= 11 is 5.89. The molecule has 0 unspecified atom stereocenters. The van der Waals surface area contributed by atoms with Crippen molar-refractivity contribution < 1.29 is 14.3 Å². The Kier molecular flexibility index (Phi) is 7.86. The molecule has 154 valence electrons. The first-order chi connectivity index (χ1) is 14.6. The number of benzene rings is 3. The largest absolute Gasteiger partial charge is 0.494 e. The topological polar surface area (TPSA) is 59.9 Å². The molecule has 0 aliphatic carbocycles. The van der Waals surface area contributed by atoms with Crippen LogP contribution >= 0.6 is 11.6 Å². The summed E-state index contributed by atoms with van der Waals surface area (Å²) in [7, 11) is 0. The van der Waals surface area contributed by atoms with E-state index in [0.717, 1.165) is 23.3 Å². The van der Waals surface area contributed by atoms with Crippen LogP contribution in [0.15, 0.2) is 77.9 Å². The molecule has 30 heavy (non-hydrogen) atoms. The first kappa shape index (κ1) is 21.4. The Hall–Kier alpha value is -3.31. The Morgan fingerprint density at radius 2 is 1.77 bits per heavy atom. The molecule has 0 fully saturated rings. The Bertz CT molecular complexity index is 986. The summed E-state index contributed by atoms with van der Waals surface area (Å²) in [6.45, 7) is 3.13. The van der Waals surface area contributed by atoms with Crippen LogP contribution in [0.25, 0.3) is 0 Å². The van der Waals surface area contributed by atoms with Crippen LogP contribution in [0.2, 0.25) is 5.02 Å². The molecule has 0 spiro atoms. The molecule has 3 aromatic carbocycles. The van der Waals surface area contributed by atoms with Gasteiger partial charge in [-0.15, -0.1) is 0 Å². The van der Waals surface area contributed by atoms with Crippen LogP contribution in [0.1, 0.15) is 34.8 Å². The number of hydrazone groups is 1. The second-order valence-corrected chi connectivity index (χ2v) is 7.00. The van der Waals surface area contributed by atoms with Gasteiger partial charge in [0.1, 0.15) is 18.1 Å². The number of nitrogens with zero attached hydrogens (tertiary/aromatic N) is 1. The number of nitrogens with one attached hydrogen (secondary N) is 1. The van der Waals surface area contributed by atoms with E-state index in [-0.39, 0.29) is 5.91 Å². The van der Waals surface area contributed by atoms with Gasteiger partial charge in [-0.2, -0.15) is 5.10 Å². The molecule has 3 rings (SSSR count). The van der Waals surface area contributed by atoms with Gasteiger partial charge >= 0.3 is 0 Å². The minimum atomic E-state index is -0.288. The van der Waals surface area contributed by atoms with Gasteiger partial charge in [0.05, 0.1) is 12.8 Å². The molecule has 0 saturated carbocycles. The Labute approximate surface area is 181 Å². The highest BCUT2D eigenvalue weighted by Crippen LogP contribution is 2.16. The van der Waals surface area contributed by atoms with Gasteiger partial charge in [-0.3, -0.25) is 4.79 Å². The fourth-order valence-corrected chi connectivity index (χ4v) is 2.71. The normalized spacial score (nSPS) is 10.7. The molecule has 3 aromatic rings. The number of amides is 1. The van der Waals surface area contributed by atoms with Crippen molar-refractivity contribution in [2.24, 2.45) is 5.10 Å². The maximum Gasteiger partial charge on any atom is 0.271 e. The van der Waals surface area contributed by atoms with Crippen LogP contribution in [0, 0.1) is 0 Å². The number of hydrogen-bond acceptors (Lipinski definition) is 4. The van der Waals surface area contributed by atoms with Gasteiger partial charge in [-0.25, -0.2) is 5.43 Å². The first-order valence-corrected chi connectivity index (χ1v) is 10.1. The smallest absolute Gasteiger partial charge is 0.271 e. The molecular formula is C24H23ClN2O3. The van der Waals surface area contributed by atoms with Gasteiger partial charge < -0.3 is 9.47 Å². The number of carbonyl (C=O) groups is 1. The zero-order chi connectivity index (χ0) is 21.2. The van der Waals surface area contributed by atoms with Gasteiger partial charge in [0.25, 0.3) is 5.91 Å². The molecule has 0 radical (unpaired) electrons. The van der Waals surface area contributed by atoms with E-state index in [4.69, 9.17) is 21.1 Å². The molecular weight excluding hydrogens is 400 g/mol.